The second kappa shape index (κ2) is 11.8. The monoisotopic (exact) mass is 480 g/mol. The van der Waals surface area contributed by atoms with Gasteiger partial charge in [-0.05, 0) is 62.7 Å². The molecule has 0 aliphatic carbocycles. The van der Waals surface area contributed by atoms with Crippen molar-refractivity contribution in [2.75, 3.05) is 27.3 Å². The Kier molecular flexibility index (Phi) is 9.32. The topological polar surface area (TPSA) is 116 Å². The Labute approximate surface area is 205 Å². The van der Waals surface area contributed by atoms with E-state index in [4.69, 9.17) is 4.74 Å². The fraction of sp³-hybridized carbons (Fsp3) is 0.370. The van der Waals surface area contributed by atoms with E-state index in [2.05, 4.69) is 17.2 Å². The molecule has 0 saturated carbocycles. The summed E-state index contributed by atoms with van der Waals surface area (Å²) in [5.41, 5.74) is 0.0125. The molecule has 2 aromatic rings. The number of benzene rings is 2. The normalized spacial score (nSPS) is 12.7. The average Bonchev–Trinajstić information content (AvgIpc) is 2.85. The first-order valence-corrected chi connectivity index (χ1v) is 11.1. The van der Waals surface area contributed by atoms with Crippen LogP contribution in [-0.4, -0.2) is 71.2 Å². The first kappa shape index (κ1) is 27.7. The van der Waals surface area contributed by atoms with Crippen molar-refractivity contribution in [3.63, 3.8) is 0 Å². The van der Waals surface area contributed by atoms with Crippen LogP contribution in [0.15, 0.2) is 48.5 Å². The fourth-order valence-electron chi connectivity index (χ4n) is 3.20. The molecule has 35 heavy (non-hydrogen) atoms. The maximum Gasteiger partial charge on any atom is 0.254 e. The highest BCUT2D eigenvalue weighted by atomic mass is 16.5. The maximum absolute atomic E-state index is 12.9. The molecule has 2 aromatic carbocycles. The summed E-state index contributed by atoms with van der Waals surface area (Å²) in [6.45, 7) is 4.44. The summed E-state index contributed by atoms with van der Waals surface area (Å²) in [6.07, 6.45) is 0. The quantitative estimate of drug-likeness (QED) is 0.370. The van der Waals surface area contributed by atoms with E-state index < -0.39 is 35.3 Å². The summed E-state index contributed by atoms with van der Waals surface area (Å²) in [5, 5.41) is 21.3. The van der Waals surface area contributed by atoms with Gasteiger partial charge in [0.05, 0.1) is 18.8 Å². The Balaban J connectivity index is 2.09. The number of carbonyl (C=O) groups is 3. The van der Waals surface area contributed by atoms with Gasteiger partial charge < -0.3 is 25.2 Å². The first-order valence-electron chi connectivity index (χ1n) is 11.1. The molecular weight excluding hydrogens is 448 g/mol. The molecule has 0 fully saturated rings. The van der Waals surface area contributed by atoms with Crippen LogP contribution in [0.4, 0.5) is 0 Å². The van der Waals surface area contributed by atoms with Crippen molar-refractivity contribution in [1.29, 1.82) is 0 Å². The van der Waals surface area contributed by atoms with E-state index in [1.54, 1.807) is 38.1 Å². The van der Waals surface area contributed by atoms with Crippen molar-refractivity contribution >= 4 is 17.6 Å². The number of nitrogens with zero attached hydrogens (tertiary/aromatic N) is 1. The Bertz CT molecular complexity index is 1090. The smallest absolute Gasteiger partial charge is 0.254 e. The second-order valence-electron chi connectivity index (χ2n) is 8.93. The number of hydrogen-bond acceptors (Lipinski definition) is 6. The number of carbonyl (C=O) groups excluding carboxylic acids is 3. The van der Waals surface area contributed by atoms with Gasteiger partial charge in [-0.3, -0.25) is 14.4 Å². The number of nitrogens with one attached hydrogen (secondary N) is 1. The summed E-state index contributed by atoms with van der Waals surface area (Å²) >= 11 is 0. The van der Waals surface area contributed by atoms with Crippen LogP contribution in [0, 0.1) is 11.8 Å². The van der Waals surface area contributed by atoms with Crippen molar-refractivity contribution in [2.45, 2.75) is 38.5 Å². The number of hydrogen-bond donors (Lipinski definition) is 3. The summed E-state index contributed by atoms with van der Waals surface area (Å²) in [6, 6.07) is 14.1. The number of ketones is 1. The molecule has 186 valence electrons. The number of aliphatic hydroxyl groups excluding tert-OH is 1. The third-order valence-corrected chi connectivity index (χ3v) is 5.49. The van der Waals surface area contributed by atoms with E-state index in [1.165, 1.54) is 21.0 Å². The zero-order valence-corrected chi connectivity index (χ0v) is 20.7. The highest BCUT2D eigenvalue weighted by Gasteiger charge is 2.46. The summed E-state index contributed by atoms with van der Waals surface area (Å²) in [7, 11) is 2.70. The van der Waals surface area contributed by atoms with E-state index in [1.807, 2.05) is 24.3 Å². The number of likely N-dealkylation sites (N-methyl/N-ethyl adjacent to an activating group) is 2. The van der Waals surface area contributed by atoms with Gasteiger partial charge in [0.2, 0.25) is 0 Å². The highest BCUT2D eigenvalue weighted by molar-refractivity contribution is 6.14. The van der Waals surface area contributed by atoms with E-state index in [0.29, 0.717) is 12.2 Å². The fourth-order valence-corrected chi connectivity index (χ4v) is 3.20. The molecule has 0 aromatic heterocycles. The van der Waals surface area contributed by atoms with Crippen LogP contribution in [0.2, 0.25) is 0 Å². The SMILES string of the molecule is CNC(=O)[C@@](C)(C(=O)CO)N(C)C(=O)c1ccc(C#Cc2ccc(COCC(C)(C)O)cc2)cc1. The van der Waals surface area contributed by atoms with Gasteiger partial charge in [-0.2, -0.15) is 0 Å². The van der Waals surface area contributed by atoms with E-state index in [0.717, 1.165) is 16.0 Å². The minimum absolute atomic E-state index is 0.242. The molecule has 0 heterocycles. The maximum atomic E-state index is 12.9. The lowest BCUT2D eigenvalue weighted by Gasteiger charge is -2.35. The summed E-state index contributed by atoms with van der Waals surface area (Å²) in [4.78, 5) is 38.5. The van der Waals surface area contributed by atoms with Crippen LogP contribution in [0.3, 0.4) is 0 Å². The van der Waals surface area contributed by atoms with Crippen molar-refractivity contribution in [3.8, 4) is 11.8 Å². The number of ether oxygens (including phenoxy) is 1. The van der Waals surface area contributed by atoms with Gasteiger partial charge in [0.1, 0.15) is 6.61 Å². The number of amides is 2. The molecule has 0 bridgehead atoms. The molecule has 0 aliphatic rings. The van der Waals surface area contributed by atoms with Gasteiger partial charge in [0, 0.05) is 30.8 Å². The van der Waals surface area contributed by atoms with Crippen molar-refractivity contribution in [3.05, 3.63) is 70.8 Å². The predicted octanol–water partition coefficient (Wildman–Crippen LogP) is 1.51. The Hall–Kier alpha value is -3.51. The van der Waals surface area contributed by atoms with Crippen molar-refractivity contribution < 1.29 is 29.3 Å². The molecule has 0 saturated heterocycles. The summed E-state index contributed by atoms with van der Waals surface area (Å²) in [5.74, 6) is 4.07. The largest absolute Gasteiger partial charge is 0.388 e. The van der Waals surface area contributed by atoms with Gasteiger partial charge in [-0.1, -0.05) is 24.0 Å². The first-order chi connectivity index (χ1) is 16.4. The molecule has 3 N–H and O–H groups in total. The summed E-state index contributed by atoms with van der Waals surface area (Å²) < 4.78 is 5.49. The standard InChI is InChI=1S/C27H32N2O6/c1-26(2,34)18-35-17-21-10-8-19(9-11-21)6-7-20-12-14-22(15-13-20)24(32)29(5)27(3,23(31)16-30)25(33)28-4/h8-15,30,34H,16-18H2,1-5H3,(H,28,33)/t27-/m1/s1. The number of Topliss-reactive ketones (excluding diaryl/α,β-unsaturated/α-hetero) is 1. The minimum atomic E-state index is -1.84. The van der Waals surface area contributed by atoms with Crippen LogP contribution in [0.5, 0.6) is 0 Å². The molecule has 2 rings (SSSR count). The van der Waals surface area contributed by atoms with Gasteiger partial charge >= 0.3 is 0 Å². The zero-order chi connectivity index (χ0) is 26.2. The highest BCUT2D eigenvalue weighted by Crippen LogP contribution is 2.19. The van der Waals surface area contributed by atoms with Crippen LogP contribution >= 0.6 is 0 Å². The van der Waals surface area contributed by atoms with Gasteiger partial charge in [-0.15, -0.1) is 0 Å². The number of rotatable bonds is 9. The Morgan fingerprint density at radius 2 is 1.49 bits per heavy atom. The van der Waals surface area contributed by atoms with Crippen LogP contribution in [0.1, 0.15) is 47.8 Å². The van der Waals surface area contributed by atoms with E-state index in [-0.39, 0.29) is 12.2 Å². The Morgan fingerprint density at radius 1 is 0.971 bits per heavy atom. The molecule has 0 aliphatic heterocycles. The molecule has 8 heteroatoms. The van der Waals surface area contributed by atoms with Gasteiger partial charge in [-0.25, -0.2) is 0 Å². The van der Waals surface area contributed by atoms with Crippen LogP contribution < -0.4 is 5.32 Å². The van der Waals surface area contributed by atoms with Crippen molar-refractivity contribution in [2.24, 2.45) is 0 Å². The molecule has 8 nitrogen and oxygen atoms in total. The van der Waals surface area contributed by atoms with E-state index >= 15 is 0 Å². The lowest BCUT2D eigenvalue weighted by Crippen LogP contribution is -2.62. The molecule has 0 spiro atoms. The second-order valence-corrected chi connectivity index (χ2v) is 8.93. The van der Waals surface area contributed by atoms with E-state index in [9.17, 15) is 24.6 Å². The lowest BCUT2D eigenvalue weighted by atomic mass is 9.92. The number of aliphatic hydroxyl groups is 2. The van der Waals surface area contributed by atoms with Gasteiger partial charge in [0.15, 0.2) is 11.3 Å². The molecule has 1 atom stereocenters. The van der Waals surface area contributed by atoms with Crippen LogP contribution in [-0.2, 0) is 20.9 Å². The molecule has 0 unspecified atom stereocenters. The zero-order valence-electron chi connectivity index (χ0n) is 20.7. The van der Waals surface area contributed by atoms with Gasteiger partial charge in [0.25, 0.3) is 11.8 Å². The Morgan fingerprint density at radius 3 is 1.94 bits per heavy atom. The van der Waals surface area contributed by atoms with Crippen LogP contribution in [0.25, 0.3) is 0 Å². The minimum Gasteiger partial charge on any atom is -0.388 e. The third-order valence-electron chi connectivity index (χ3n) is 5.49. The van der Waals surface area contributed by atoms with Crippen molar-refractivity contribution in [1.82, 2.24) is 10.2 Å². The third kappa shape index (κ3) is 7.23. The average molecular weight is 481 g/mol. The molecule has 0 radical (unpaired) electrons. The molecule has 2 amide bonds. The molecular formula is C27H32N2O6. The predicted molar refractivity (Wildman–Crippen MR) is 131 cm³/mol. The lowest BCUT2D eigenvalue weighted by molar-refractivity contribution is -0.143.